The maximum Gasteiger partial charge on any atom is 0.573 e. The van der Waals surface area contributed by atoms with Crippen molar-refractivity contribution < 1.29 is 27.0 Å². The first-order valence-corrected chi connectivity index (χ1v) is 8.61. The molecule has 1 fully saturated rings. The van der Waals surface area contributed by atoms with Gasteiger partial charge >= 0.3 is 6.36 Å². The molecule has 4 nitrogen and oxygen atoms in total. The summed E-state index contributed by atoms with van der Waals surface area (Å²) in [6, 6.07) is 6.28. The number of alkyl halides is 3. The average molecular weight is 384 g/mol. The summed E-state index contributed by atoms with van der Waals surface area (Å²) >= 11 is 0. The Labute approximate surface area is 154 Å². The first-order valence-electron chi connectivity index (χ1n) is 8.61. The van der Waals surface area contributed by atoms with E-state index in [9.17, 15) is 17.6 Å². The topological polar surface area (TPSA) is 34.6 Å². The molecule has 146 valence electrons. The summed E-state index contributed by atoms with van der Waals surface area (Å²) < 4.78 is 62.2. The zero-order valence-corrected chi connectivity index (χ0v) is 14.7. The molecule has 0 radical (unpaired) electrons. The summed E-state index contributed by atoms with van der Waals surface area (Å²) in [6.45, 7) is 1.68. The predicted octanol–water partition coefficient (Wildman–Crippen LogP) is 4.32. The molecule has 1 aliphatic rings. The molecule has 1 aromatic heterocycles. The number of nitrogens with zero attached hydrogens (tertiary/aromatic N) is 2. The van der Waals surface area contributed by atoms with Crippen LogP contribution < -0.4 is 4.74 Å². The number of benzene rings is 1. The van der Waals surface area contributed by atoms with Gasteiger partial charge in [0.1, 0.15) is 17.7 Å². The molecular formula is C19H20F4N2O2. The standard InChI is InChI=1S/C19H20F4N2O2/c1-25-10-6-14(7-11-25)26-18(13-4-8-24-9-5-13)16-12-15(2-3-17(16)20)27-19(21,22)23/h2-5,8-9,12,14,18H,6-7,10-11H2,1H3. The Morgan fingerprint density at radius 3 is 2.41 bits per heavy atom. The monoisotopic (exact) mass is 384 g/mol. The van der Waals surface area contributed by atoms with Crippen molar-refractivity contribution in [3.8, 4) is 5.75 Å². The highest BCUT2D eigenvalue weighted by Crippen LogP contribution is 2.34. The van der Waals surface area contributed by atoms with E-state index in [0.29, 0.717) is 5.56 Å². The maximum atomic E-state index is 14.5. The van der Waals surface area contributed by atoms with E-state index < -0.39 is 24.0 Å². The van der Waals surface area contributed by atoms with E-state index in [1.807, 2.05) is 7.05 Å². The van der Waals surface area contributed by atoms with Crippen LogP contribution in [0.25, 0.3) is 0 Å². The van der Waals surface area contributed by atoms with Gasteiger partial charge in [-0.3, -0.25) is 4.98 Å². The van der Waals surface area contributed by atoms with Crippen LogP contribution in [0.5, 0.6) is 5.75 Å². The number of aromatic nitrogens is 1. The van der Waals surface area contributed by atoms with Crippen molar-refractivity contribution >= 4 is 0 Å². The van der Waals surface area contributed by atoms with Crippen LogP contribution in [-0.2, 0) is 4.74 Å². The van der Waals surface area contributed by atoms with Crippen LogP contribution >= 0.6 is 0 Å². The molecule has 27 heavy (non-hydrogen) atoms. The normalized spacial score (nSPS) is 17.7. The van der Waals surface area contributed by atoms with E-state index in [1.54, 1.807) is 12.1 Å². The third-order valence-electron chi connectivity index (χ3n) is 4.49. The van der Waals surface area contributed by atoms with Gasteiger partial charge in [-0.25, -0.2) is 4.39 Å². The lowest BCUT2D eigenvalue weighted by Crippen LogP contribution is -2.35. The fourth-order valence-corrected chi connectivity index (χ4v) is 3.10. The molecule has 2 heterocycles. The third kappa shape index (κ3) is 5.40. The number of piperidine rings is 1. The molecule has 3 rings (SSSR count). The number of hydrogen-bond donors (Lipinski definition) is 0. The maximum absolute atomic E-state index is 14.5. The fraction of sp³-hybridized carbons (Fsp3) is 0.421. The summed E-state index contributed by atoms with van der Waals surface area (Å²) in [5.74, 6) is -1.14. The smallest absolute Gasteiger partial charge is 0.406 e. The third-order valence-corrected chi connectivity index (χ3v) is 4.49. The van der Waals surface area contributed by atoms with E-state index in [0.717, 1.165) is 44.1 Å². The lowest BCUT2D eigenvalue weighted by molar-refractivity contribution is -0.274. The minimum atomic E-state index is -4.85. The van der Waals surface area contributed by atoms with Crippen molar-refractivity contribution in [3.63, 3.8) is 0 Å². The zero-order valence-electron chi connectivity index (χ0n) is 14.7. The molecule has 0 spiro atoms. The zero-order chi connectivity index (χ0) is 19.4. The Bertz CT molecular complexity index is 747. The summed E-state index contributed by atoms with van der Waals surface area (Å²) in [7, 11) is 2.01. The molecule has 1 atom stereocenters. The lowest BCUT2D eigenvalue weighted by Gasteiger charge is -2.32. The minimum absolute atomic E-state index is 0.00174. The van der Waals surface area contributed by atoms with Gasteiger partial charge in [-0.2, -0.15) is 0 Å². The Balaban J connectivity index is 1.91. The average Bonchev–Trinajstić information content (AvgIpc) is 2.63. The van der Waals surface area contributed by atoms with Crippen molar-refractivity contribution in [1.82, 2.24) is 9.88 Å². The summed E-state index contributed by atoms with van der Waals surface area (Å²) in [5.41, 5.74) is 0.619. The van der Waals surface area contributed by atoms with Gasteiger partial charge in [0.05, 0.1) is 6.10 Å². The number of ether oxygens (including phenoxy) is 2. The fourth-order valence-electron chi connectivity index (χ4n) is 3.10. The van der Waals surface area contributed by atoms with Crippen LogP contribution in [0.3, 0.4) is 0 Å². The first-order chi connectivity index (χ1) is 12.8. The van der Waals surface area contributed by atoms with Crippen LogP contribution in [0.2, 0.25) is 0 Å². The molecule has 0 aliphatic carbocycles. The van der Waals surface area contributed by atoms with Gasteiger partial charge in [-0.05, 0) is 55.8 Å². The van der Waals surface area contributed by atoms with Crippen LogP contribution in [0.4, 0.5) is 17.6 Å². The second kappa shape index (κ2) is 8.22. The molecular weight excluding hydrogens is 364 g/mol. The van der Waals surface area contributed by atoms with Crippen LogP contribution in [0.1, 0.15) is 30.1 Å². The Hall–Kier alpha value is -2.19. The molecule has 0 N–H and O–H groups in total. The Morgan fingerprint density at radius 1 is 1.11 bits per heavy atom. The highest BCUT2D eigenvalue weighted by atomic mass is 19.4. The van der Waals surface area contributed by atoms with Crippen molar-refractivity contribution in [2.75, 3.05) is 20.1 Å². The van der Waals surface area contributed by atoms with Crippen molar-refractivity contribution in [2.24, 2.45) is 0 Å². The second-order valence-corrected chi connectivity index (χ2v) is 6.53. The molecule has 8 heteroatoms. The van der Waals surface area contributed by atoms with E-state index >= 15 is 0 Å². The molecule has 0 amide bonds. The van der Waals surface area contributed by atoms with Gasteiger partial charge in [0.25, 0.3) is 0 Å². The summed E-state index contributed by atoms with van der Waals surface area (Å²) in [6.07, 6.45) is -1.22. The van der Waals surface area contributed by atoms with E-state index in [2.05, 4.69) is 14.6 Å². The van der Waals surface area contributed by atoms with E-state index in [-0.39, 0.29) is 11.7 Å². The first kappa shape index (κ1) is 19.6. The van der Waals surface area contributed by atoms with E-state index in [4.69, 9.17) is 4.74 Å². The molecule has 1 aliphatic heterocycles. The van der Waals surface area contributed by atoms with E-state index in [1.165, 1.54) is 12.4 Å². The summed E-state index contributed by atoms with van der Waals surface area (Å²) in [4.78, 5) is 6.10. The largest absolute Gasteiger partial charge is 0.573 e. The molecule has 2 aromatic rings. The number of pyridine rings is 1. The summed E-state index contributed by atoms with van der Waals surface area (Å²) in [5, 5.41) is 0. The lowest BCUT2D eigenvalue weighted by atomic mass is 10.00. The number of halogens is 4. The Morgan fingerprint density at radius 2 is 1.78 bits per heavy atom. The minimum Gasteiger partial charge on any atom is -0.406 e. The molecule has 0 bridgehead atoms. The predicted molar refractivity (Wildman–Crippen MR) is 90.8 cm³/mol. The van der Waals surface area contributed by atoms with Crippen molar-refractivity contribution in [1.29, 1.82) is 0 Å². The highest BCUT2D eigenvalue weighted by Gasteiger charge is 2.32. The number of likely N-dealkylation sites (tertiary alicyclic amines) is 1. The quantitative estimate of drug-likeness (QED) is 0.720. The highest BCUT2D eigenvalue weighted by molar-refractivity contribution is 5.36. The number of hydrogen-bond acceptors (Lipinski definition) is 4. The van der Waals surface area contributed by atoms with Gasteiger partial charge in [0.15, 0.2) is 0 Å². The molecule has 1 saturated heterocycles. The van der Waals surface area contributed by atoms with Crippen LogP contribution in [0, 0.1) is 5.82 Å². The van der Waals surface area contributed by atoms with Gasteiger partial charge in [-0.15, -0.1) is 13.2 Å². The Kier molecular flexibility index (Phi) is 5.96. The SMILES string of the molecule is CN1CCC(OC(c2ccncc2)c2cc(OC(F)(F)F)ccc2F)CC1. The molecule has 1 aromatic carbocycles. The van der Waals surface area contributed by atoms with Crippen LogP contribution in [0.15, 0.2) is 42.7 Å². The second-order valence-electron chi connectivity index (χ2n) is 6.53. The van der Waals surface area contributed by atoms with Gasteiger partial charge in [-0.1, -0.05) is 0 Å². The van der Waals surface area contributed by atoms with Crippen molar-refractivity contribution in [2.45, 2.75) is 31.4 Å². The molecule has 1 unspecified atom stereocenters. The van der Waals surface area contributed by atoms with Crippen molar-refractivity contribution in [3.05, 3.63) is 59.7 Å². The van der Waals surface area contributed by atoms with Gasteiger partial charge in [0.2, 0.25) is 0 Å². The van der Waals surface area contributed by atoms with Gasteiger partial charge < -0.3 is 14.4 Å². The molecule has 0 saturated carbocycles. The van der Waals surface area contributed by atoms with Crippen LogP contribution in [-0.4, -0.2) is 42.5 Å². The van der Waals surface area contributed by atoms with Gasteiger partial charge in [0, 0.05) is 31.0 Å². The number of rotatable bonds is 5.